The fourth-order valence-corrected chi connectivity index (χ4v) is 4.13. The summed E-state index contributed by atoms with van der Waals surface area (Å²) in [6, 6.07) is 7.55. The van der Waals surface area contributed by atoms with Crippen LogP contribution in [0, 0.1) is 11.7 Å². The molecule has 8 nitrogen and oxygen atoms in total. The van der Waals surface area contributed by atoms with Crippen molar-refractivity contribution in [2.24, 2.45) is 17.5 Å². The summed E-state index contributed by atoms with van der Waals surface area (Å²) in [5.41, 5.74) is 8.17. The molecule has 10 heteroatoms. The number of aryl methyl sites for hydroxylation is 1. The van der Waals surface area contributed by atoms with Gasteiger partial charge in [0, 0.05) is 25.3 Å². The number of rotatable bonds is 6. The van der Waals surface area contributed by atoms with Gasteiger partial charge in [-0.3, -0.25) is 9.80 Å². The molecule has 0 radical (unpaired) electrons. The van der Waals surface area contributed by atoms with Crippen LogP contribution in [-0.2, 0) is 16.0 Å². The van der Waals surface area contributed by atoms with Crippen LogP contribution in [-0.4, -0.2) is 26.4 Å². The molecule has 2 unspecified atom stereocenters. The van der Waals surface area contributed by atoms with E-state index in [-0.39, 0.29) is 35.2 Å². The Morgan fingerprint density at radius 2 is 2.09 bits per heavy atom. The van der Waals surface area contributed by atoms with Crippen molar-refractivity contribution < 1.29 is 23.4 Å². The third kappa shape index (κ3) is 4.45. The first-order chi connectivity index (χ1) is 15.4. The number of nitrogens with one attached hydrogen (secondary N) is 1. The average Bonchev–Trinajstić information content (AvgIpc) is 3.23. The van der Waals surface area contributed by atoms with Crippen molar-refractivity contribution >= 4 is 23.2 Å². The number of nitrogens with two attached hydrogens (primary N) is 2. The summed E-state index contributed by atoms with van der Waals surface area (Å²) in [7, 11) is 1.62. The number of benzene rings is 2. The van der Waals surface area contributed by atoms with E-state index in [1.807, 2.05) is 12.1 Å². The molecular formula is C22H24ClFN4O4. The Bertz CT molecular complexity index is 1060. The van der Waals surface area contributed by atoms with E-state index in [4.69, 9.17) is 37.4 Å². The molecule has 1 aliphatic carbocycles. The lowest BCUT2D eigenvalue weighted by Gasteiger charge is -2.34. The lowest BCUT2D eigenvalue weighted by molar-refractivity contribution is -0.119. The highest BCUT2D eigenvalue weighted by Gasteiger charge is 2.33. The molecule has 170 valence electrons. The number of hydrogen-bond donors (Lipinski definition) is 3. The number of anilines is 1. The quantitative estimate of drug-likeness (QED) is 0.344. The molecule has 4 rings (SSSR count). The first-order valence-corrected chi connectivity index (χ1v) is 10.4. The summed E-state index contributed by atoms with van der Waals surface area (Å²) in [5.74, 6) is 6.19. The molecule has 1 amide bonds. The second-order valence-corrected chi connectivity index (χ2v) is 8.11. The van der Waals surface area contributed by atoms with E-state index < -0.39 is 11.7 Å². The first kappa shape index (κ1) is 22.2. The van der Waals surface area contributed by atoms with E-state index in [0.29, 0.717) is 18.1 Å². The molecule has 1 aliphatic heterocycles. The highest BCUT2D eigenvalue weighted by atomic mass is 35.5. The van der Waals surface area contributed by atoms with Crippen LogP contribution in [0.4, 0.5) is 10.1 Å². The predicted molar refractivity (Wildman–Crippen MR) is 117 cm³/mol. The van der Waals surface area contributed by atoms with Crippen LogP contribution in [0.25, 0.3) is 0 Å². The minimum Gasteiger partial charge on any atom is -0.454 e. The van der Waals surface area contributed by atoms with Gasteiger partial charge in [0.25, 0.3) is 5.91 Å². The summed E-state index contributed by atoms with van der Waals surface area (Å²) < 4.78 is 30.1. The van der Waals surface area contributed by atoms with Gasteiger partial charge in [-0.25, -0.2) is 10.2 Å². The Balaban J connectivity index is 1.56. The van der Waals surface area contributed by atoms with Crippen molar-refractivity contribution in [3.63, 3.8) is 0 Å². The maximum Gasteiger partial charge on any atom is 0.269 e. The number of fused-ring (bicyclic) bond motifs is 2. The zero-order valence-electron chi connectivity index (χ0n) is 17.4. The summed E-state index contributed by atoms with van der Waals surface area (Å²) in [5, 5.41) is 4.03. The normalized spacial score (nSPS) is 19.4. The monoisotopic (exact) mass is 462 g/mol. The summed E-state index contributed by atoms with van der Waals surface area (Å²) in [4.78, 5) is 12.9. The molecule has 1 heterocycles. The van der Waals surface area contributed by atoms with E-state index >= 15 is 0 Å². The van der Waals surface area contributed by atoms with Crippen molar-refractivity contribution in [3.8, 4) is 11.5 Å². The number of ether oxygens (including phenoxy) is 3. The smallest absolute Gasteiger partial charge is 0.269 e. The number of halogens is 2. The third-order valence-corrected chi connectivity index (χ3v) is 5.94. The topological polar surface area (TPSA) is 112 Å². The van der Waals surface area contributed by atoms with E-state index in [9.17, 15) is 9.18 Å². The molecular weight excluding hydrogens is 439 g/mol. The molecule has 0 fully saturated rings. The Hall–Kier alpha value is -3.01. The van der Waals surface area contributed by atoms with Crippen molar-refractivity contribution in [1.82, 2.24) is 5.32 Å². The van der Waals surface area contributed by atoms with Gasteiger partial charge in [-0.05, 0) is 48.2 Å². The van der Waals surface area contributed by atoms with Gasteiger partial charge in [0.1, 0.15) is 11.5 Å². The van der Waals surface area contributed by atoms with E-state index in [0.717, 1.165) is 35.0 Å². The van der Waals surface area contributed by atoms with Gasteiger partial charge in [-0.15, -0.1) is 0 Å². The molecule has 0 aromatic heterocycles. The highest BCUT2D eigenvalue weighted by Crippen LogP contribution is 2.42. The van der Waals surface area contributed by atoms with Crippen LogP contribution in [0.2, 0.25) is 5.02 Å². The molecule has 0 saturated heterocycles. The number of carbonyl (C=O) groups is 1. The van der Waals surface area contributed by atoms with Gasteiger partial charge in [-0.1, -0.05) is 11.6 Å². The molecule has 32 heavy (non-hydrogen) atoms. The minimum absolute atomic E-state index is 0.0298. The zero-order chi connectivity index (χ0) is 22.8. The van der Waals surface area contributed by atoms with E-state index in [1.165, 1.54) is 18.3 Å². The minimum atomic E-state index is -0.629. The second-order valence-electron chi connectivity index (χ2n) is 7.70. The number of carbonyl (C=O) groups excluding carboxylic acids is 1. The average molecular weight is 463 g/mol. The van der Waals surface area contributed by atoms with Crippen LogP contribution in [0.3, 0.4) is 0 Å². The lowest BCUT2D eigenvalue weighted by Crippen LogP contribution is -2.40. The van der Waals surface area contributed by atoms with E-state index in [1.54, 1.807) is 7.11 Å². The lowest BCUT2D eigenvalue weighted by atomic mass is 9.79. The molecule has 2 aromatic carbocycles. The van der Waals surface area contributed by atoms with Crippen molar-refractivity contribution in [2.75, 3.05) is 25.5 Å². The van der Waals surface area contributed by atoms with Gasteiger partial charge in [0.2, 0.25) is 6.79 Å². The van der Waals surface area contributed by atoms with Gasteiger partial charge >= 0.3 is 0 Å². The van der Waals surface area contributed by atoms with E-state index in [2.05, 4.69) is 5.32 Å². The van der Waals surface area contributed by atoms with Crippen LogP contribution in [0.5, 0.6) is 11.5 Å². The molecule has 2 atom stereocenters. The number of hydrogen-bond acceptors (Lipinski definition) is 7. The third-order valence-electron chi connectivity index (χ3n) is 5.63. The van der Waals surface area contributed by atoms with Crippen LogP contribution >= 0.6 is 11.6 Å². The summed E-state index contributed by atoms with van der Waals surface area (Å²) in [6.45, 7) is 0.638. The molecule has 0 spiro atoms. The van der Waals surface area contributed by atoms with Gasteiger partial charge in [0.05, 0.1) is 23.4 Å². The number of methoxy groups -OCH3 is 1. The Morgan fingerprint density at radius 1 is 1.34 bits per heavy atom. The Labute approximate surface area is 189 Å². The molecule has 2 aromatic rings. The zero-order valence-corrected chi connectivity index (χ0v) is 18.2. The van der Waals surface area contributed by atoms with Crippen molar-refractivity contribution in [2.45, 2.75) is 18.9 Å². The van der Waals surface area contributed by atoms with Crippen molar-refractivity contribution in [3.05, 3.63) is 64.2 Å². The van der Waals surface area contributed by atoms with Gasteiger partial charge < -0.3 is 25.3 Å². The fourth-order valence-electron chi connectivity index (χ4n) is 4.01. The number of hydrazine groups is 1. The number of amides is 1. The molecule has 2 aliphatic rings. The molecule has 0 bridgehead atoms. The standard InChI is InChI=1S/C22H24ClFN4O4/c1-30-10-13-3-2-12-6-19-20(32-11-31-19)8-15(12)21(13)27-22(29)18(25)9-28(26)14-4-5-16(23)17(24)7-14/h4-9,13,21H,2-3,10-11,25-26H2,1H3,(H,27,29)/b18-9-. The SMILES string of the molecule is COCC1CCc2cc3c(cc2C1NC(=O)/C(N)=C/N(N)c1ccc(Cl)c(F)c1)OCO3. The maximum absolute atomic E-state index is 13.7. The first-order valence-electron chi connectivity index (χ1n) is 10.1. The van der Waals surface area contributed by atoms with Gasteiger partial charge in [0.15, 0.2) is 11.5 Å². The predicted octanol–water partition coefficient (Wildman–Crippen LogP) is 2.75. The molecule has 0 saturated carbocycles. The van der Waals surface area contributed by atoms with Crippen LogP contribution in [0.1, 0.15) is 23.6 Å². The van der Waals surface area contributed by atoms with Crippen LogP contribution < -0.4 is 31.4 Å². The Kier molecular flexibility index (Phi) is 6.40. The summed E-state index contributed by atoms with van der Waals surface area (Å²) in [6.07, 6.45) is 2.88. The number of nitrogens with zero attached hydrogens (tertiary/aromatic N) is 1. The highest BCUT2D eigenvalue weighted by molar-refractivity contribution is 6.30. The van der Waals surface area contributed by atoms with Crippen molar-refractivity contribution in [1.29, 1.82) is 0 Å². The Morgan fingerprint density at radius 3 is 2.81 bits per heavy atom. The summed E-state index contributed by atoms with van der Waals surface area (Å²) >= 11 is 5.70. The molecule has 5 N–H and O–H groups in total. The second kappa shape index (κ2) is 9.23. The van der Waals surface area contributed by atoms with Gasteiger partial charge in [-0.2, -0.15) is 0 Å². The fraction of sp³-hybridized carbons (Fsp3) is 0.318. The maximum atomic E-state index is 13.7. The van der Waals surface area contributed by atoms with Crippen LogP contribution in [0.15, 0.2) is 42.2 Å². The largest absolute Gasteiger partial charge is 0.454 e.